The molecule has 0 unspecified atom stereocenters. The van der Waals surface area contributed by atoms with Crippen molar-refractivity contribution >= 4 is 6.03 Å². The lowest BCUT2D eigenvalue weighted by molar-refractivity contribution is 0.0299. The van der Waals surface area contributed by atoms with Crippen molar-refractivity contribution in [3.05, 3.63) is 24.0 Å². The molecule has 148 valence electrons. The molecule has 7 heteroatoms. The number of urea groups is 1. The molecule has 27 heavy (non-hydrogen) atoms. The van der Waals surface area contributed by atoms with E-state index in [-0.39, 0.29) is 36.4 Å². The molecule has 4 rings (SSSR count). The van der Waals surface area contributed by atoms with E-state index in [1.807, 2.05) is 19.1 Å². The summed E-state index contributed by atoms with van der Waals surface area (Å²) in [6.45, 7) is 5.08. The molecule has 7 nitrogen and oxygen atoms in total. The lowest BCUT2D eigenvalue weighted by Gasteiger charge is -2.27. The number of aryl methyl sites for hydroxylation is 1. The van der Waals surface area contributed by atoms with E-state index in [9.17, 15) is 4.79 Å². The van der Waals surface area contributed by atoms with Crippen LogP contribution in [0, 0.1) is 12.8 Å². The van der Waals surface area contributed by atoms with Crippen LogP contribution in [0.2, 0.25) is 0 Å². The summed E-state index contributed by atoms with van der Waals surface area (Å²) >= 11 is 0. The predicted molar refractivity (Wildman–Crippen MR) is 99.7 cm³/mol. The van der Waals surface area contributed by atoms with Gasteiger partial charge in [-0.25, -0.2) is 4.79 Å². The number of fused-ring (bicyclic) bond motifs is 1. The number of pyridine rings is 1. The number of amides is 2. The van der Waals surface area contributed by atoms with Crippen molar-refractivity contribution in [2.24, 2.45) is 5.92 Å². The van der Waals surface area contributed by atoms with E-state index in [4.69, 9.17) is 14.2 Å². The van der Waals surface area contributed by atoms with Crippen molar-refractivity contribution in [2.45, 2.75) is 69.9 Å². The smallest absolute Gasteiger partial charge is 0.315 e. The van der Waals surface area contributed by atoms with Gasteiger partial charge in [-0.2, -0.15) is 0 Å². The molecule has 1 aromatic rings. The minimum atomic E-state index is -0.187. The van der Waals surface area contributed by atoms with Gasteiger partial charge in [-0.05, 0) is 50.7 Å². The van der Waals surface area contributed by atoms with E-state index in [0.29, 0.717) is 13.2 Å². The second-order valence-electron chi connectivity index (χ2n) is 8.02. The van der Waals surface area contributed by atoms with E-state index in [2.05, 4.69) is 22.5 Å². The van der Waals surface area contributed by atoms with Crippen molar-refractivity contribution in [2.75, 3.05) is 13.2 Å². The van der Waals surface area contributed by atoms with Crippen molar-refractivity contribution in [1.29, 1.82) is 0 Å². The van der Waals surface area contributed by atoms with Crippen LogP contribution in [0.25, 0.3) is 0 Å². The average molecular weight is 375 g/mol. The summed E-state index contributed by atoms with van der Waals surface area (Å²) in [5.74, 6) is 1.51. The minimum absolute atomic E-state index is 0.125. The van der Waals surface area contributed by atoms with Crippen molar-refractivity contribution in [3.8, 4) is 5.75 Å². The third-order valence-electron chi connectivity index (χ3n) is 5.91. The quantitative estimate of drug-likeness (QED) is 0.843. The zero-order valence-corrected chi connectivity index (χ0v) is 16.0. The topological polar surface area (TPSA) is 81.7 Å². The molecule has 2 N–H and O–H groups in total. The minimum Gasteiger partial charge on any atom is -0.483 e. The van der Waals surface area contributed by atoms with Crippen LogP contribution in [0.15, 0.2) is 18.3 Å². The van der Waals surface area contributed by atoms with Gasteiger partial charge in [-0.1, -0.05) is 6.92 Å². The Morgan fingerprint density at radius 3 is 2.70 bits per heavy atom. The first-order valence-electron chi connectivity index (χ1n) is 9.98. The van der Waals surface area contributed by atoms with Crippen LogP contribution in [0.5, 0.6) is 5.75 Å². The Balaban J connectivity index is 1.28. The van der Waals surface area contributed by atoms with Gasteiger partial charge < -0.3 is 24.8 Å². The monoisotopic (exact) mass is 375 g/mol. The normalized spacial score (nSPS) is 35.5. The van der Waals surface area contributed by atoms with Crippen LogP contribution < -0.4 is 15.4 Å². The fourth-order valence-electron chi connectivity index (χ4n) is 4.25. The van der Waals surface area contributed by atoms with E-state index in [1.54, 1.807) is 6.20 Å². The molecule has 1 aliphatic carbocycles. The molecule has 1 aromatic heterocycles. The van der Waals surface area contributed by atoms with Crippen LogP contribution in [-0.2, 0) is 9.47 Å². The molecule has 2 amide bonds. The van der Waals surface area contributed by atoms with E-state index >= 15 is 0 Å². The molecule has 2 aliphatic heterocycles. The fourth-order valence-corrected chi connectivity index (χ4v) is 4.25. The Hall–Kier alpha value is -1.86. The van der Waals surface area contributed by atoms with Crippen LogP contribution in [0.1, 0.15) is 38.3 Å². The average Bonchev–Trinajstić information content (AvgIpc) is 3.23. The number of nitrogens with one attached hydrogen (secondary N) is 2. The molecule has 1 saturated carbocycles. The molecule has 2 saturated heterocycles. The van der Waals surface area contributed by atoms with Gasteiger partial charge in [0.25, 0.3) is 0 Å². The first kappa shape index (κ1) is 18.5. The Morgan fingerprint density at radius 2 is 1.93 bits per heavy atom. The molecule has 3 aliphatic rings. The van der Waals surface area contributed by atoms with Gasteiger partial charge in [0.1, 0.15) is 18.0 Å². The van der Waals surface area contributed by atoms with Gasteiger partial charge in [0, 0.05) is 12.2 Å². The highest BCUT2D eigenvalue weighted by atomic mass is 16.6. The molecule has 0 radical (unpaired) electrons. The Bertz CT molecular complexity index is 662. The first-order valence-corrected chi connectivity index (χ1v) is 9.98. The van der Waals surface area contributed by atoms with Crippen LogP contribution >= 0.6 is 0 Å². The van der Waals surface area contributed by atoms with Gasteiger partial charge in [0.05, 0.1) is 24.9 Å². The molecule has 3 fully saturated rings. The second kappa shape index (κ2) is 8.02. The van der Waals surface area contributed by atoms with Gasteiger partial charge in [-0.15, -0.1) is 0 Å². The summed E-state index contributed by atoms with van der Waals surface area (Å²) in [6.07, 6.45) is 5.67. The first-order chi connectivity index (χ1) is 13.1. The van der Waals surface area contributed by atoms with Gasteiger partial charge in [-0.3, -0.25) is 4.98 Å². The fraction of sp³-hybridized carbons (Fsp3) is 0.700. The maximum absolute atomic E-state index is 12.4. The number of ether oxygens (including phenoxy) is 3. The van der Waals surface area contributed by atoms with Gasteiger partial charge in [0.15, 0.2) is 6.10 Å². The maximum atomic E-state index is 12.4. The molecule has 3 heterocycles. The highest BCUT2D eigenvalue weighted by Crippen LogP contribution is 2.30. The van der Waals surface area contributed by atoms with Crippen molar-refractivity contribution in [3.63, 3.8) is 0 Å². The SMILES string of the molecule is Cc1ncccc1O[C@H]1CO[C@H]2[C@@H]1OC[C@@H]2NC(=O)NC1CCC(C)CC1. The summed E-state index contributed by atoms with van der Waals surface area (Å²) in [5.41, 5.74) is 0.842. The Morgan fingerprint density at radius 1 is 1.15 bits per heavy atom. The summed E-state index contributed by atoms with van der Waals surface area (Å²) in [5, 5.41) is 6.14. The number of hydrogen-bond acceptors (Lipinski definition) is 5. The summed E-state index contributed by atoms with van der Waals surface area (Å²) < 4.78 is 17.9. The number of rotatable bonds is 4. The molecule has 0 aromatic carbocycles. The molecule has 4 atom stereocenters. The van der Waals surface area contributed by atoms with Crippen LogP contribution in [-0.4, -0.2) is 54.6 Å². The van der Waals surface area contributed by atoms with Crippen LogP contribution in [0.3, 0.4) is 0 Å². The van der Waals surface area contributed by atoms with Gasteiger partial charge in [0.2, 0.25) is 0 Å². The lowest BCUT2D eigenvalue weighted by atomic mass is 9.87. The predicted octanol–water partition coefficient (Wildman–Crippen LogP) is 2.18. The summed E-state index contributed by atoms with van der Waals surface area (Å²) in [6, 6.07) is 3.75. The van der Waals surface area contributed by atoms with E-state index < -0.39 is 0 Å². The zero-order chi connectivity index (χ0) is 18.8. The number of aromatic nitrogens is 1. The number of nitrogens with zero attached hydrogens (tertiary/aromatic N) is 1. The van der Waals surface area contributed by atoms with E-state index in [1.165, 1.54) is 12.8 Å². The highest BCUT2D eigenvalue weighted by Gasteiger charge is 2.49. The summed E-state index contributed by atoms with van der Waals surface area (Å²) in [4.78, 5) is 16.6. The van der Waals surface area contributed by atoms with Crippen LogP contribution in [0.4, 0.5) is 4.79 Å². The third-order valence-corrected chi connectivity index (χ3v) is 5.91. The number of carbonyl (C=O) groups excluding carboxylic acids is 1. The zero-order valence-electron chi connectivity index (χ0n) is 16.0. The standard InChI is InChI=1S/C20H29N3O4/c1-12-5-7-14(8-6-12)22-20(24)23-15-10-25-19-17(11-26-18(15)19)27-16-4-3-9-21-13(16)2/h3-4,9,12,14-15,17-19H,5-8,10-11H2,1-2H3,(H2,22,23,24)/t12?,14?,15-,17-,18+,19+/m0/s1. The highest BCUT2D eigenvalue weighted by molar-refractivity contribution is 5.74. The third kappa shape index (κ3) is 4.19. The van der Waals surface area contributed by atoms with Gasteiger partial charge >= 0.3 is 6.03 Å². The number of hydrogen-bond donors (Lipinski definition) is 2. The van der Waals surface area contributed by atoms with Crippen molar-refractivity contribution in [1.82, 2.24) is 15.6 Å². The molecule has 0 bridgehead atoms. The molecular weight excluding hydrogens is 346 g/mol. The lowest BCUT2D eigenvalue weighted by Crippen LogP contribution is -2.51. The summed E-state index contributed by atoms with van der Waals surface area (Å²) in [7, 11) is 0. The molecule has 0 spiro atoms. The largest absolute Gasteiger partial charge is 0.483 e. The molecular formula is C20H29N3O4. The van der Waals surface area contributed by atoms with E-state index in [0.717, 1.165) is 30.2 Å². The maximum Gasteiger partial charge on any atom is 0.315 e. The van der Waals surface area contributed by atoms with Crippen molar-refractivity contribution < 1.29 is 19.0 Å². The second-order valence-corrected chi connectivity index (χ2v) is 8.02. The Kier molecular flexibility index (Phi) is 5.50. The Labute approximate surface area is 160 Å². The number of carbonyl (C=O) groups is 1.